The molecule has 1 heterocycles. The van der Waals surface area contributed by atoms with Crippen molar-refractivity contribution in [2.24, 2.45) is 4.99 Å². The van der Waals surface area contributed by atoms with Crippen LogP contribution in [0.25, 0.3) is 0 Å². The van der Waals surface area contributed by atoms with Crippen molar-refractivity contribution in [3.05, 3.63) is 24.2 Å². The SMILES string of the molecule is CCNC(=NCCCOCc1ccco1)NCCN(C(C)C)C1CC1.I. The fourth-order valence-corrected chi connectivity index (χ4v) is 2.84. The van der Waals surface area contributed by atoms with Gasteiger partial charge in [-0.1, -0.05) is 0 Å². The molecular weight excluding hydrogens is 443 g/mol. The number of halogens is 1. The lowest BCUT2D eigenvalue weighted by atomic mass is 10.3. The Morgan fingerprint density at radius 1 is 1.38 bits per heavy atom. The minimum absolute atomic E-state index is 0. The maximum Gasteiger partial charge on any atom is 0.191 e. The predicted molar refractivity (Wildman–Crippen MR) is 117 cm³/mol. The third-order valence-electron chi connectivity index (χ3n) is 4.23. The zero-order valence-electron chi connectivity index (χ0n) is 16.4. The molecule has 0 saturated heterocycles. The van der Waals surface area contributed by atoms with Gasteiger partial charge in [-0.15, -0.1) is 24.0 Å². The van der Waals surface area contributed by atoms with Crippen molar-refractivity contribution in [1.29, 1.82) is 0 Å². The molecule has 1 fully saturated rings. The van der Waals surface area contributed by atoms with Gasteiger partial charge in [0.1, 0.15) is 12.4 Å². The highest BCUT2D eigenvalue weighted by atomic mass is 127. The molecule has 0 unspecified atom stereocenters. The molecule has 0 spiro atoms. The van der Waals surface area contributed by atoms with Crippen molar-refractivity contribution in [3.8, 4) is 0 Å². The summed E-state index contributed by atoms with van der Waals surface area (Å²) in [6, 6.07) is 5.21. The summed E-state index contributed by atoms with van der Waals surface area (Å²) < 4.78 is 10.8. The molecule has 150 valence electrons. The van der Waals surface area contributed by atoms with E-state index in [1.807, 2.05) is 12.1 Å². The van der Waals surface area contributed by atoms with Gasteiger partial charge in [-0.25, -0.2) is 0 Å². The van der Waals surface area contributed by atoms with Gasteiger partial charge in [0, 0.05) is 44.9 Å². The lowest BCUT2D eigenvalue weighted by Crippen LogP contribution is -2.44. The van der Waals surface area contributed by atoms with Crippen LogP contribution in [-0.4, -0.2) is 55.7 Å². The monoisotopic (exact) mass is 478 g/mol. The van der Waals surface area contributed by atoms with Crippen LogP contribution in [0.15, 0.2) is 27.8 Å². The number of ether oxygens (including phenoxy) is 1. The van der Waals surface area contributed by atoms with Gasteiger partial charge in [0.2, 0.25) is 0 Å². The molecule has 1 aromatic heterocycles. The predicted octanol–water partition coefficient (Wildman–Crippen LogP) is 3.23. The van der Waals surface area contributed by atoms with Gasteiger partial charge in [-0.05, 0) is 52.2 Å². The van der Waals surface area contributed by atoms with Gasteiger partial charge >= 0.3 is 0 Å². The molecule has 1 saturated carbocycles. The van der Waals surface area contributed by atoms with E-state index in [-0.39, 0.29) is 24.0 Å². The van der Waals surface area contributed by atoms with Crippen molar-refractivity contribution in [3.63, 3.8) is 0 Å². The summed E-state index contributed by atoms with van der Waals surface area (Å²) in [5, 5.41) is 6.75. The molecule has 2 N–H and O–H groups in total. The molecular formula is C19H35IN4O2. The average molecular weight is 478 g/mol. The number of hydrogen-bond acceptors (Lipinski definition) is 4. The molecule has 1 aromatic rings. The second kappa shape index (κ2) is 13.4. The molecule has 0 amide bonds. The highest BCUT2D eigenvalue weighted by Gasteiger charge is 2.30. The Morgan fingerprint density at radius 3 is 2.81 bits per heavy atom. The van der Waals surface area contributed by atoms with Crippen LogP contribution in [0.4, 0.5) is 0 Å². The summed E-state index contributed by atoms with van der Waals surface area (Å²) >= 11 is 0. The van der Waals surface area contributed by atoms with Crippen LogP contribution in [0.1, 0.15) is 45.8 Å². The van der Waals surface area contributed by atoms with Crippen molar-refractivity contribution in [2.75, 3.05) is 32.8 Å². The van der Waals surface area contributed by atoms with E-state index in [1.54, 1.807) is 6.26 Å². The van der Waals surface area contributed by atoms with Crippen LogP contribution in [0, 0.1) is 0 Å². The molecule has 0 radical (unpaired) electrons. The van der Waals surface area contributed by atoms with E-state index in [4.69, 9.17) is 9.15 Å². The zero-order chi connectivity index (χ0) is 17.9. The van der Waals surface area contributed by atoms with E-state index in [0.29, 0.717) is 19.3 Å². The third kappa shape index (κ3) is 9.23. The summed E-state index contributed by atoms with van der Waals surface area (Å²) in [6.45, 7) is 11.5. The van der Waals surface area contributed by atoms with Crippen molar-refractivity contribution in [2.45, 2.75) is 58.7 Å². The summed E-state index contributed by atoms with van der Waals surface area (Å²) in [5.74, 6) is 1.76. The number of aliphatic imine (C=N–C) groups is 1. The largest absolute Gasteiger partial charge is 0.467 e. The molecule has 0 atom stereocenters. The van der Waals surface area contributed by atoms with Gasteiger partial charge in [-0.2, -0.15) is 0 Å². The first-order chi connectivity index (χ1) is 12.2. The lowest BCUT2D eigenvalue weighted by Gasteiger charge is -2.26. The molecule has 6 nitrogen and oxygen atoms in total. The maximum absolute atomic E-state index is 5.58. The molecule has 26 heavy (non-hydrogen) atoms. The highest BCUT2D eigenvalue weighted by molar-refractivity contribution is 14.0. The van der Waals surface area contributed by atoms with Gasteiger partial charge < -0.3 is 19.8 Å². The zero-order valence-corrected chi connectivity index (χ0v) is 18.7. The van der Waals surface area contributed by atoms with Crippen molar-refractivity contribution < 1.29 is 9.15 Å². The van der Waals surface area contributed by atoms with Gasteiger partial charge in [-0.3, -0.25) is 9.89 Å². The van der Waals surface area contributed by atoms with Crippen LogP contribution in [0.2, 0.25) is 0 Å². The normalized spacial score (nSPS) is 14.6. The molecule has 0 bridgehead atoms. The van der Waals surface area contributed by atoms with Crippen molar-refractivity contribution >= 4 is 29.9 Å². The van der Waals surface area contributed by atoms with E-state index >= 15 is 0 Å². The Balaban J connectivity index is 0.00000338. The van der Waals surface area contributed by atoms with Crippen LogP contribution in [-0.2, 0) is 11.3 Å². The van der Waals surface area contributed by atoms with Crippen LogP contribution in [0.5, 0.6) is 0 Å². The summed E-state index contributed by atoms with van der Waals surface area (Å²) in [7, 11) is 0. The molecule has 0 aliphatic heterocycles. The Bertz CT molecular complexity index is 488. The molecule has 2 rings (SSSR count). The van der Waals surface area contributed by atoms with Crippen LogP contribution < -0.4 is 10.6 Å². The first-order valence-electron chi connectivity index (χ1n) is 9.58. The smallest absolute Gasteiger partial charge is 0.191 e. The van der Waals surface area contributed by atoms with Crippen molar-refractivity contribution in [1.82, 2.24) is 15.5 Å². The average Bonchev–Trinajstić information content (AvgIpc) is 3.29. The lowest BCUT2D eigenvalue weighted by molar-refractivity contribution is 0.105. The summed E-state index contributed by atoms with van der Waals surface area (Å²) in [6.07, 6.45) is 5.27. The Hall–Kier alpha value is -0.800. The van der Waals surface area contributed by atoms with Gasteiger partial charge in [0.05, 0.1) is 6.26 Å². The second-order valence-electron chi connectivity index (χ2n) is 6.74. The van der Waals surface area contributed by atoms with E-state index in [2.05, 4.69) is 41.3 Å². The second-order valence-corrected chi connectivity index (χ2v) is 6.74. The Morgan fingerprint density at radius 2 is 2.19 bits per heavy atom. The molecule has 1 aliphatic carbocycles. The number of guanidine groups is 1. The van der Waals surface area contributed by atoms with Crippen LogP contribution in [0.3, 0.4) is 0 Å². The Labute approximate surface area is 175 Å². The fourth-order valence-electron chi connectivity index (χ4n) is 2.84. The van der Waals surface area contributed by atoms with Gasteiger partial charge in [0.25, 0.3) is 0 Å². The standard InChI is InChI=1S/C19H34N4O2.HI/c1-4-20-19(22-11-12-23(16(2)3)17-8-9-17)21-10-6-13-24-15-18-7-5-14-25-18;/h5,7,14,16-17H,4,6,8-13,15H2,1-3H3,(H2,20,21,22);1H. The molecule has 0 aromatic carbocycles. The number of nitrogens with zero attached hydrogens (tertiary/aromatic N) is 2. The topological polar surface area (TPSA) is 62.0 Å². The number of furan rings is 1. The van der Waals surface area contributed by atoms with E-state index in [1.165, 1.54) is 12.8 Å². The third-order valence-corrected chi connectivity index (χ3v) is 4.23. The maximum atomic E-state index is 5.58. The van der Waals surface area contributed by atoms with E-state index in [0.717, 1.165) is 50.4 Å². The number of rotatable bonds is 12. The highest BCUT2D eigenvalue weighted by Crippen LogP contribution is 2.27. The minimum Gasteiger partial charge on any atom is -0.467 e. The molecule has 7 heteroatoms. The Kier molecular flexibility index (Phi) is 12.0. The van der Waals surface area contributed by atoms with E-state index in [9.17, 15) is 0 Å². The minimum atomic E-state index is 0. The summed E-state index contributed by atoms with van der Waals surface area (Å²) in [4.78, 5) is 7.21. The first-order valence-corrected chi connectivity index (χ1v) is 9.58. The van der Waals surface area contributed by atoms with Crippen LogP contribution >= 0.6 is 24.0 Å². The first kappa shape index (κ1) is 23.2. The fraction of sp³-hybridized carbons (Fsp3) is 0.737. The number of hydrogen-bond donors (Lipinski definition) is 2. The number of nitrogens with one attached hydrogen (secondary N) is 2. The summed E-state index contributed by atoms with van der Waals surface area (Å²) in [5.41, 5.74) is 0. The molecule has 1 aliphatic rings. The van der Waals surface area contributed by atoms with Gasteiger partial charge in [0.15, 0.2) is 5.96 Å². The quantitative estimate of drug-likeness (QED) is 0.209. The van der Waals surface area contributed by atoms with E-state index < -0.39 is 0 Å².